The van der Waals surface area contributed by atoms with Crippen LogP contribution in [0.15, 0.2) is 42.5 Å². The molecule has 0 spiro atoms. The largest absolute Gasteiger partial charge is 0.368 e. The Hall–Kier alpha value is -2.20. The summed E-state index contributed by atoms with van der Waals surface area (Å²) in [5.74, 6) is -0.578. The Labute approximate surface area is 135 Å². The topological polar surface area (TPSA) is 55.1 Å². The van der Waals surface area contributed by atoms with Gasteiger partial charge in [-0.1, -0.05) is 30.3 Å². The fourth-order valence-corrected chi connectivity index (χ4v) is 3.03. The summed E-state index contributed by atoms with van der Waals surface area (Å²) in [6.45, 7) is 0.782. The summed E-state index contributed by atoms with van der Waals surface area (Å²) in [6, 6.07) is 12.3. The van der Waals surface area contributed by atoms with Crippen LogP contribution in [-0.4, -0.2) is 12.5 Å². The third kappa shape index (κ3) is 3.77. The van der Waals surface area contributed by atoms with Crippen LogP contribution in [0.2, 0.25) is 0 Å². The predicted molar refractivity (Wildman–Crippen MR) is 88.2 cm³/mol. The van der Waals surface area contributed by atoms with E-state index in [9.17, 15) is 9.18 Å². The van der Waals surface area contributed by atoms with Crippen molar-refractivity contribution < 1.29 is 9.18 Å². The zero-order valence-corrected chi connectivity index (χ0v) is 12.9. The number of rotatable bonds is 4. The lowest BCUT2D eigenvalue weighted by molar-refractivity contribution is -0.120. The average Bonchev–Trinajstić information content (AvgIpc) is 2.75. The molecule has 0 bridgehead atoms. The van der Waals surface area contributed by atoms with Crippen LogP contribution in [0.1, 0.15) is 34.7 Å². The monoisotopic (exact) mass is 311 g/mol. The molecule has 4 heteroatoms. The molecule has 2 aromatic carbocycles. The minimum absolute atomic E-state index is 0.226. The van der Waals surface area contributed by atoms with Crippen LogP contribution in [0, 0.1) is 12.2 Å². The number of nitrogens with one attached hydrogen (secondary N) is 1. The van der Waals surface area contributed by atoms with Crippen molar-refractivity contribution in [3.05, 3.63) is 77.0 Å². The minimum Gasteiger partial charge on any atom is -0.368 e. The number of fused-ring (bicyclic) bond motifs is 1. The Balaban J connectivity index is 1.80. The minimum atomic E-state index is -0.435. The maximum absolute atomic E-state index is 13.2. The van der Waals surface area contributed by atoms with Crippen molar-refractivity contribution in [2.45, 2.75) is 25.3 Å². The van der Waals surface area contributed by atoms with Gasteiger partial charge in [0.15, 0.2) is 0 Å². The highest BCUT2D eigenvalue weighted by atomic mass is 19.1. The fraction of sp³-hybridized carbons (Fsp3) is 0.263. The van der Waals surface area contributed by atoms with E-state index in [1.54, 1.807) is 6.07 Å². The zero-order chi connectivity index (χ0) is 16.2. The number of hydrogen-bond donors (Lipinski definition) is 2. The van der Waals surface area contributed by atoms with Crippen LogP contribution < -0.4 is 11.1 Å². The molecular formula is C19H20FN2O. The smallest absolute Gasteiger partial charge is 0.239 e. The van der Waals surface area contributed by atoms with Crippen molar-refractivity contribution >= 4 is 5.91 Å². The Morgan fingerprint density at radius 1 is 1.30 bits per heavy atom. The average molecular weight is 311 g/mol. The number of halogens is 1. The van der Waals surface area contributed by atoms with Crippen LogP contribution in [-0.2, 0) is 17.6 Å². The van der Waals surface area contributed by atoms with Crippen LogP contribution in [0.25, 0.3) is 0 Å². The first kappa shape index (κ1) is 15.7. The van der Waals surface area contributed by atoms with Gasteiger partial charge in [0.1, 0.15) is 11.9 Å². The molecule has 0 saturated carbocycles. The van der Waals surface area contributed by atoms with Crippen LogP contribution in [0.5, 0.6) is 0 Å². The summed E-state index contributed by atoms with van der Waals surface area (Å²) in [5, 5.41) is 3.21. The Kier molecular flexibility index (Phi) is 4.72. The Morgan fingerprint density at radius 2 is 2.17 bits per heavy atom. The lowest BCUT2D eigenvalue weighted by atomic mass is 9.94. The van der Waals surface area contributed by atoms with Gasteiger partial charge in [-0.05, 0) is 66.6 Å². The highest BCUT2D eigenvalue weighted by molar-refractivity contribution is 5.82. The van der Waals surface area contributed by atoms with Crippen molar-refractivity contribution in [2.24, 2.45) is 5.73 Å². The van der Waals surface area contributed by atoms with Crippen molar-refractivity contribution in [3.63, 3.8) is 0 Å². The summed E-state index contributed by atoms with van der Waals surface area (Å²) in [6.07, 6.45) is 4.61. The molecule has 119 valence electrons. The van der Waals surface area contributed by atoms with E-state index in [0.29, 0.717) is 6.42 Å². The number of amides is 1. The van der Waals surface area contributed by atoms with E-state index in [0.717, 1.165) is 36.1 Å². The van der Waals surface area contributed by atoms with Crippen molar-refractivity contribution in [3.8, 4) is 0 Å². The van der Waals surface area contributed by atoms with Gasteiger partial charge in [0, 0.05) is 0 Å². The maximum Gasteiger partial charge on any atom is 0.239 e. The normalized spacial score (nSPS) is 17.3. The summed E-state index contributed by atoms with van der Waals surface area (Å²) in [7, 11) is 0. The molecule has 1 amide bonds. The molecule has 1 heterocycles. The van der Waals surface area contributed by atoms with Gasteiger partial charge in [0.25, 0.3) is 0 Å². The van der Waals surface area contributed by atoms with Gasteiger partial charge in [0.05, 0.1) is 0 Å². The molecule has 2 aromatic rings. The van der Waals surface area contributed by atoms with Crippen LogP contribution >= 0.6 is 0 Å². The van der Waals surface area contributed by atoms with Gasteiger partial charge in [-0.25, -0.2) is 4.39 Å². The number of hydrogen-bond acceptors (Lipinski definition) is 2. The molecule has 23 heavy (non-hydrogen) atoms. The lowest BCUT2D eigenvalue weighted by Gasteiger charge is -2.16. The summed E-state index contributed by atoms with van der Waals surface area (Å²) < 4.78 is 13.2. The Bertz CT molecular complexity index is 714. The molecule has 1 unspecified atom stereocenters. The Morgan fingerprint density at radius 3 is 2.96 bits per heavy atom. The van der Waals surface area contributed by atoms with E-state index in [1.807, 2.05) is 24.6 Å². The standard InChI is InChI=1S/C19H20FN2O/c20-16-5-1-3-13(11-16)6-7-14-8-9-15-4-2-10-22-18(19(21)23)17(15)12-14/h1,3,5,7-9,11-12,18,22H,2,4,6,10H2,(H2,21,23). The van der Waals surface area contributed by atoms with Gasteiger partial charge in [-0.2, -0.15) is 0 Å². The first-order valence-corrected chi connectivity index (χ1v) is 7.86. The van der Waals surface area contributed by atoms with Crippen LogP contribution in [0.3, 0.4) is 0 Å². The van der Waals surface area contributed by atoms with Gasteiger partial charge >= 0.3 is 0 Å². The van der Waals surface area contributed by atoms with E-state index in [1.165, 1.54) is 17.7 Å². The highest BCUT2D eigenvalue weighted by Crippen LogP contribution is 2.25. The quantitative estimate of drug-likeness (QED) is 0.912. The molecule has 3 N–H and O–H groups in total. The molecule has 0 aromatic heterocycles. The predicted octanol–water partition coefficient (Wildman–Crippen LogP) is 2.68. The molecule has 3 nitrogen and oxygen atoms in total. The summed E-state index contributed by atoms with van der Waals surface area (Å²) in [4.78, 5) is 11.7. The number of carbonyl (C=O) groups is 1. The third-order valence-electron chi connectivity index (χ3n) is 4.20. The van der Waals surface area contributed by atoms with Gasteiger partial charge in [0.2, 0.25) is 5.91 Å². The number of carbonyl (C=O) groups excluding carboxylic acids is 1. The number of primary amides is 1. The lowest BCUT2D eigenvalue weighted by Crippen LogP contribution is -2.33. The maximum atomic E-state index is 13.2. The first-order chi connectivity index (χ1) is 11.1. The highest BCUT2D eigenvalue weighted by Gasteiger charge is 2.22. The summed E-state index contributed by atoms with van der Waals surface area (Å²) in [5.41, 5.74) is 9.60. The van der Waals surface area contributed by atoms with Gasteiger partial charge < -0.3 is 11.1 Å². The SMILES string of the molecule is NC(=O)C1NCCCc2ccc([CH]Cc3cccc(F)c3)cc21. The molecule has 0 fully saturated rings. The van der Waals surface area contributed by atoms with E-state index in [4.69, 9.17) is 5.73 Å². The number of benzene rings is 2. The molecule has 0 aliphatic carbocycles. The molecule has 1 atom stereocenters. The first-order valence-electron chi connectivity index (χ1n) is 7.86. The third-order valence-corrected chi connectivity index (χ3v) is 4.20. The molecule has 1 radical (unpaired) electrons. The van der Waals surface area contributed by atoms with Crippen LogP contribution in [0.4, 0.5) is 4.39 Å². The second-order valence-electron chi connectivity index (χ2n) is 5.89. The molecule has 0 saturated heterocycles. The van der Waals surface area contributed by atoms with Crippen molar-refractivity contribution in [1.29, 1.82) is 0 Å². The molecule has 1 aliphatic heterocycles. The van der Waals surface area contributed by atoms with E-state index >= 15 is 0 Å². The van der Waals surface area contributed by atoms with Gasteiger partial charge in [-0.15, -0.1) is 0 Å². The number of nitrogens with two attached hydrogens (primary N) is 1. The molecule has 3 rings (SSSR count). The second kappa shape index (κ2) is 6.92. The molecule has 1 aliphatic rings. The van der Waals surface area contributed by atoms with E-state index < -0.39 is 6.04 Å². The molecular weight excluding hydrogens is 291 g/mol. The zero-order valence-electron chi connectivity index (χ0n) is 12.9. The number of aryl methyl sites for hydroxylation is 1. The van der Waals surface area contributed by atoms with E-state index in [-0.39, 0.29) is 11.7 Å². The summed E-state index contributed by atoms with van der Waals surface area (Å²) >= 11 is 0. The van der Waals surface area contributed by atoms with Crippen molar-refractivity contribution in [2.75, 3.05) is 6.54 Å². The second-order valence-corrected chi connectivity index (χ2v) is 5.89. The fourth-order valence-electron chi connectivity index (χ4n) is 3.03. The van der Waals surface area contributed by atoms with Crippen molar-refractivity contribution in [1.82, 2.24) is 5.32 Å². The van der Waals surface area contributed by atoms with Gasteiger partial charge in [-0.3, -0.25) is 4.79 Å². The van der Waals surface area contributed by atoms with E-state index in [2.05, 4.69) is 11.4 Å².